The number of ketones is 1. The molecule has 1 unspecified atom stereocenters. The van der Waals surface area contributed by atoms with Gasteiger partial charge in [0.05, 0.1) is 19.6 Å². The zero-order chi connectivity index (χ0) is 17.9. The van der Waals surface area contributed by atoms with Gasteiger partial charge in [0.15, 0.2) is 28.8 Å². The second kappa shape index (κ2) is 7.05. The quantitative estimate of drug-likeness (QED) is 0.709. The highest BCUT2D eigenvalue weighted by molar-refractivity contribution is 5.98. The SMILES string of the molecule is C=CCC1(CCc2ccc(OC)c(OC)c2)C=C2OCOC2=CC1=O. The van der Waals surface area contributed by atoms with E-state index in [1.807, 2.05) is 24.3 Å². The van der Waals surface area contributed by atoms with E-state index in [0.29, 0.717) is 42.3 Å². The summed E-state index contributed by atoms with van der Waals surface area (Å²) in [5.41, 5.74) is 0.423. The number of fused-ring (bicyclic) bond motifs is 1. The summed E-state index contributed by atoms with van der Waals surface area (Å²) < 4.78 is 21.4. The van der Waals surface area contributed by atoms with Crippen molar-refractivity contribution in [2.75, 3.05) is 21.0 Å². The first-order valence-electron chi connectivity index (χ1n) is 8.18. The predicted molar refractivity (Wildman–Crippen MR) is 93.3 cm³/mol. The van der Waals surface area contributed by atoms with Crippen molar-refractivity contribution in [2.45, 2.75) is 19.3 Å². The lowest BCUT2D eigenvalue weighted by Crippen LogP contribution is -2.31. The monoisotopic (exact) mass is 342 g/mol. The maximum Gasteiger partial charge on any atom is 0.231 e. The number of aryl methyl sites for hydroxylation is 1. The van der Waals surface area contributed by atoms with E-state index in [0.717, 1.165) is 5.56 Å². The fourth-order valence-electron chi connectivity index (χ4n) is 3.23. The second-order valence-corrected chi connectivity index (χ2v) is 6.13. The molecule has 0 radical (unpaired) electrons. The van der Waals surface area contributed by atoms with Crippen LogP contribution in [0.25, 0.3) is 0 Å². The predicted octanol–water partition coefficient (Wildman–Crippen LogP) is 3.55. The Bertz CT molecular complexity index is 746. The Morgan fingerprint density at radius 1 is 1.20 bits per heavy atom. The molecule has 0 bridgehead atoms. The molecule has 2 aliphatic rings. The normalized spacial score (nSPS) is 21.4. The number of carbonyl (C=O) groups is 1. The van der Waals surface area contributed by atoms with Gasteiger partial charge in [-0.1, -0.05) is 12.1 Å². The number of allylic oxidation sites excluding steroid dienone is 3. The van der Waals surface area contributed by atoms with Crippen LogP contribution in [-0.2, 0) is 20.7 Å². The topological polar surface area (TPSA) is 54.0 Å². The highest BCUT2D eigenvalue weighted by Crippen LogP contribution is 2.41. The van der Waals surface area contributed by atoms with E-state index >= 15 is 0 Å². The summed E-state index contributed by atoms with van der Waals surface area (Å²) in [5, 5.41) is 0. The van der Waals surface area contributed by atoms with Gasteiger partial charge < -0.3 is 18.9 Å². The number of carbonyl (C=O) groups excluding carboxylic acids is 1. The van der Waals surface area contributed by atoms with E-state index in [4.69, 9.17) is 18.9 Å². The van der Waals surface area contributed by atoms with Crippen LogP contribution in [0.5, 0.6) is 11.5 Å². The minimum absolute atomic E-state index is 0.0251. The van der Waals surface area contributed by atoms with Crippen LogP contribution in [-0.4, -0.2) is 26.8 Å². The van der Waals surface area contributed by atoms with Crippen LogP contribution < -0.4 is 9.47 Å². The molecule has 132 valence electrons. The van der Waals surface area contributed by atoms with Gasteiger partial charge >= 0.3 is 0 Å². The van der Waals surface area contributed by atoms with Crippen LogP contribution in [0.2, 0.25) is 0 Å². The molecule has 0 amide bonds. The van der Waals surface area contributed by atoms with Crippen molar-refractivity contribution >= 4 is 5.78 Å². The van der Waals surface area contributed by atoms with Crippen LogP contribution in [0.4, 0.5) is 0 Å². The number of hydrogen-bond acceptors (Lipinski definition) is 5. The molecule has 0 aromatic heterocycles. The number of methoxy groups -OCH3 is 2. The Kier molecular flexibility index (Phi) is 4.83. The fraction of sp³-hybridized carbons (Fsp3) is 0.350. The van der Waals surface area contributed by atoms with E-state index in [1.54, 1.807) is 26.4 Å². The summed E-state index contributed by atoms with van der Waals surface area (Å²) in [6.45, 7) is 3.97. The van der Waals surface area contributed by atoms with Crippen LogP contribution in [0.1, 0.15) is 18.4 Å². The van der Waals surface area contributed by atoms with Gasteiger partial charge in [0.25, 0.3) is 0 Å². The van der Waals surface area contributed by atoms with Crippen molar-refractivity contribution in [1.82, 2.24) is 0 Å². The molecule has 1 aromatic rings. The van der Waals surface area contributed by atoms with Crippen LogP contribution in [0.3, 0.4) is 0 Å². The molecule has 25 heavy (non-hydrogen) atoms. The molecule has 0 N–H and O–H groups in total. The van der Waals surface area contributed by atoms with Gasteiger partial charge in [-0.15, -0.1) is 6.58 Å². The second-order valence-electron chi connectivity index (χ2n) is 6.13. The first kappa shape index (κ1) is 17.1. The Morgan fingerprint density at radius 2 is 1.96 bits per heavy atom. The lowest BCUT2D eigenvalue weighted by molar-refractivity contribution is -0.122. The Balaban J connectivity index is 1.83. The molecule has 1 aromatic carbocycles. The van der Waals surface area contributed by atoms with Crippen LogP contribution in [0, 0.1) is 5.41 Å². The third-order valence-corrected chi connectivity index (χ3v) is 4.65. The number of benzene rings is 1. The van der Waals surface area contributed by atoms with Gasteiger partial charge in [-0.3, -0.25) is 4.79 Å². The summed E-state index contributed by atoms with van der Waals surface area (Å²) in [5.74, 6) is 2.56. The molecule has 1 fully saturated rings. The number of hydrogen-bond donors (Lipinski definition) is 0. The lowest BCUT2D eigenvalue weighted by atomic mass is 9.73. The highest BCUT2D eigenvalue weighted by Gasteiger charge is 2.40. The average molecular weight is 342 g/mol. The highest BCUT2D eigenvalue weighted by atomic mass is 16.7. The molecular weight excluding hydrogens is 320 g/mol. The third-order valence-electron chi connectivity index (χ3n) is 4.65. The fourth-order valence-corrected chi connectivity index (χ4v) is 3.23. The van der Waals surface area contributed by atoms with Crippen molar-refractivity contribution < 1.29 is 23.7 Å². The van der Waals surface area contributed by atoms with Gasteiger partial charge in [0.1, 0.15) is 0 Å². The van der Waals surface area contributed by atoms with Gasteiger partial charge in [0, 0.05) is 6.08 Å². The van der Waals surface area contributed by atoms with Gasteiger partial charge in [-0.05, 0) is 43.0 Å². The maximum atomic E-state index is 12.7. The van der Waals surface area contributed by atoms with E-state index in [1.165, 1.54) is 0 Å². The molecule has 5 nitrogen and oxygen atoms in total. The minimum atomic E-state index is -0.651. The summed E-state index contributed by atoms with van der Waals surface area (Å²) in [6, 6.07) is 5.80. The molecule has 1 aliphatic carbocycles. The summed E-state index contributed by atoms with van der Waals surface area (Å²) in [4.78, 5) is 12.7. The van der Waals surface area contributed by atoms with Crippen molar-refractivity contribution in [3.05, 3.63) is 60.1 Å². The zero-order valence-corrected chi connectivity index (χ0v) is 14.5. The van der Waals surface area contributed by atoms with Crippen molar-refractivity contribution in [3.8, 4) is 11.5 Å². The number of ether oxygens (including phenoxy) is 4. The van der Waals surface area contributed by atoms with Gasteiger partial charge in [-0.25, -0.2) is 0 Å². The van der Waals surface area contributed by atoms with E-state index in [9.17, 15) is 4.79 Å². The first-order chi connectivity index (χ1) is 12.1. The van der Waals surface area contributed by atoms with E-state index < -0.39 is 5.41 Å². The molecule has 1 atom stereocenters. The summed E-state index contributed by atoms with van der Waals surface area (Å²) in [6.07, 6.45) is 7.12. The molecule has 5 heteroatoms. The molecule has 1 heterocycles. The van der Waals surface area contributed by atoms with Crippen molar-refractivity contribution in [2.24, 2.45) is 5.41 Å². The molecule has 1 saturated heterocycles. The Hall–Kier alpha value is -2.69. The molecule has 1 aliphatic heterocycles. The maximum absolute atomic E-state index is 12.7. The minimum Gasteiger partial charge on any atom is -0.493 e. The average Bonchev–Trinajstić information content (AvgIpc) is 3.07. The Labute approximate surface area is 147 Å². The lowest BCUT2D eigenvalue weighted by Gasteiger charge is -2.29. The smallest absolute Gasteiger partial charge is 0.231 e. The largest absolute Gasteiger partial charge is 0.493 e. The van der Waals surface area contributed by atoms with E-state index in [2.05, 4.69) is 6.58 Å². The molecular formula is C20H22O5. The summed E-state index contributed by atoms with van der Waals surface area (Å²) >= 11 is 0. The third kappa shape index (κ3) is 3.27. The van der Waals surface area contributed by atoms with Gasteiger partial charge in [-0.2, -0.15) is 0 Å². The van der Waals surface area contributed by atoms with Crippen molar-refractivity contribution in [1.29, 1.82) is 0 Å². The van der Waals surface area contributed by atoms with Crippen LogP contribution >= 0.6 is 0 Å². The standard InChI is InChI=1S/C20H22O5/c1-4-8-20(12-18-17(11-19(20)21)24-13-25-18)9-7-14-5-6-15(22-2)16(10-14)23-3/h4-6,10-12H,1,7-9,13H2,2-3H3. The zero-order valence-electron chi connectivity index (χ0n) is 14.5. The number of rotatable bonds is 7. The van der Waals surface area contributed by atoms with Crippen LogP contribution in [0.15, 0.2) is 54.5 Å². The first-order valence-corrected chi connectivity index (χ1v) is 8.18. The van der Waals surface area contributed by atoms with E-state index in [-0.39, 0.29) is 12.6 Å². The molecule has 0 spiro atoms. The van der Waals surface area contributed by atoms with Crippen molar-refractivity contribution in [3.63, 3.8) is 0 Å². The summed E-state index contributed by atoms with van der Waals surface area (Å²) in [7, 11) is 3.22. The Morgan fingerprint density at radius 3 is 2.68 bits per heavy atom. The molecule has 3 rings (SSSR count). The molecule has 0 saturated carbocycles. The van der Waals surface area contributed by atoms with Gasteiger partial charge in [0.2, 0.25) is 6.79 Å².